The summed E-state index contributed by atoms with van der Waals surface area (Å²) < 4.78 is 37.4. The quantitative estimate of drug-likeness (QED) is 0.483. The molecule has 4 amide bonds. The van der Waals surface area contributed by atoms with Crippen LogP contribution in [0.25, 0.3) is 0 Å². The molecule has 184 valence electrons. The number of carbonyl (C=O) groups is 4. The van der Waals surface area contributed by atoms with Crippen LogP contribution in [0.3, 0.4) is 0 Å². The Morgan fingerprint density at radius 1 is 0.806 bits per heavy atom. The molecule has 4 rings (SSSR count). The van der Waals surface area contributed by atoms with Gasteiger partial charge in [-0.25, -0.2) is 0 Å². The minimum absolute atomic E-state index is 0.00503. The first-order chi connectivity index (χ1) is 17.1. The maximum Gasteiger partial charge on any atom is 0.405 e. The molecule has 0 spiro atoms. The van der Waals surface area contributed by atoms with E-state index in [1.165, 1.54) is 42.5 Å². The number of nitrogens with zero attached hydrogens (tertiary/aromatic N) is 1. The number of fused-ring (bicyclic) bond motifs is 1. The Balaban J connectivity index is 1.48. The fourth-order valence-corrected chi connectivity index (χ4v) is 3.78. The SMILES string of the molecule is O=C(Nc1ccccc1C(=O)NCC(F)(F)F)c1ccc2c(c1)C(=O)N(CCc1ccccc1)C2=O. The molecule has 10 heteroatoms. The second-order valence-corrected chi connectivity index (χ2v) is 8.06. The van der Waals surface area contributed by atoms with Gasteiger partial charge in [-0.05, 0) is 42.3 Å². The van der Waals surface area contributed by atoms with Crippen molar-refractivity contribution in [2.24, 2.45) is 0 Å². The number of carbonyl (C=O) groups excluding carboxylic acids is 4. The molecule has 0 radical (unpaired) electrons. The highest BCUT2D eigenvalue weighted by Crippen LogP contribution is 2.25. The molecule has 0 saturated heterocycles. The number of amides is 4. The monoisotopic (exact) mass is 495 g/mol. The summed E-state index contributed by atoms with van der Waals surface area (Å²) in [5, 5.41) is 4.25. The third-order valence-electron chi connectivity index (χ3n) is 5.57. The molecule has 7 nitrogen and oxygen atoms in total. The van der Waals surface area contributed by atoms with Crippen LogP contribution in [0, 0.1) is 0 Å². The van der Waals surface area contributed by atoms with Crippen LogP contribution in [0.5, 0.6) is 0 Å². The van der Waals surface area contributed by atoms with Crippen LogP contribution in [0.1, 0.15) is 47.0 Å². The van der Waals surface area contributed by atoms with E-state index in [0.29, 0.717) is 6.42 Å². The Morgan fingerprint density at radius 2 is 1.47 bits per heavy atom. The minimum atomic E-state index is -4.59. The summed E-state index contributed by atoms with van der Waals surface area (Å²) in [6.07, 6.45) is -4.11. The van der Waals surface area contributed by atoms with E-state index >= 15 is 0 Å². The first-order valence-electron chi connectivity index (χ1n) is 10.9. The Bertz CT molecular complexity index is 1340. The van der Waals surface area contributed by atoms with Crippen LogP contribution in [0.15, 0.2) is 72.8 Å². The number of rotatable bonds is 7. The summed E-state index contributed by atoms with van der Waals surface area (Å²) in [7, 11) is 0. The van der Waals surface area contributed by atoms with Crippen molar-refractivity contribution in [2.45, 2.75) is 12.6 Å². The van der Waals surface area contributed by atoms with Crippen molar-refractivity contribution in [1.29, 1.82) is 0 Å². The predicted octanol–water partition coefficient (Wildman–Crippen LogP) is 4.07. The molecule has 3 aromatic rings. The topological polar surface area (TPSA) is 95.6 Å². The summed E-state index contributed by atoms with van der Waals surface area (Å²) >= 11 is 0. The summed E-state index contributed by atoms with van der Waals surface area (Å²) in [4.78, 5) is 51.8. The molecule has 2 N–H and O–H groups in total. The van der Waals surface area contributed by atoms with E-state index in [0.717, 1.165) is 10.5 Å². The van der Waals surface area contributed by atoms with Gasteiger partial charge in [-0.1, -0.05) is 42.5 Å². The fraction of sp³-hybridized carbons (Fsp3) is 0.154. The molecule has 3 aromatic carbocycles. The standard InChI is InChI=1S/C26H20F3N3O4/c27-26(28,29)15-30-23(34)19-8-4-5-9-21(19)31-22(33)17-10-11-18-20(14-17)25(36)32(24(18)35)13-12-16-6-2-1-3-7-16/h1-11,14H,12-13,15H2,(H,30,34)(H,31,33). The van der Waals surface area contributed by atoms with Crippen LogP contribution in [0.4, 0.5) is 18.9 Å². The lowest BCUT2D eigenvalue weighted by Gasteiger charge is -2.13. The van der Waals surface area contributed by atoms with Gasteiger partial charge in [-0.3, -0.25) is 24.1 Å². The van der Waals surface area contributed by atoms with Gasteiger partial charge in [0.05, 0.1) is 22.4 Å². The van der Waals surface area contributed by atoms with Gasteiger partial charge in [0.15, 0.2) is 0 Å². The summed E-state index contributed by atoms with van der Waals surface area (Å²) in [5.74, 6) is -2.68. The molecular formula is C26H20F3N3O4. The molecule has 0 atom stereocenters. The molecule has 0 aliphatic carbocycles. The van der Waals surface area contributed by atoms with E-state index in [1.807, 2.05) is 30.3 Å². The van der Waals surface area contributed by atoms with Crippen LogP contribution in [-0.4, -0.2) is 47.8 Å². The maximum absolute atomic E-state index is 12.9. The average Bonchev–Trinajstić information content (AvgIpc) is 3.10. The van der Waals surface area contributed by atoms with Gasteiger partial charge in [0, 0.05) is 12.1 Å². The average molecular weight is 495 g/mol. The van der Waals surface area contributed by atoms with Crippen molar-refractivity contribution >= 4 is 29.3 Å². The number of nitrogens with one attached hydrogen (secondary N) is 2. The number of halogens is 3. The molecule has 0 fully saturated rings. The van der Waals surface area contributed by atoms with Crippen molar-refractivity contribution in [3.05, 3.63) is 101 Å². The van der Waals surface area contributed by atoms with Gasteiger partial charge in [0.1, 0.15) is 6.54 Å². The third kappa shape index (κ3) is 5.43. The zero-order valence-electron chi connectivity index (χ0n) is 18.8. The minimum Gasteiger partial charge on any atom is -0.343 e. The number of benzene rings is 3. The lowest BCUT2D eigenvalue weighted by atomic mass is 10.0. The first-order valence-corrected chi connectivity index (χ1v) is 10.9. The molecule has 0 unspecified atom stereocenters. The van der Waals surface area contributed by atoms with Crippen molar-refractivity contribution < 1.29 is 32.3 Å². The van der Waals surface area contributed by atoms with E-state index in [9.17, 15) is 32.3 Å². The zero-order valence-corrected chi connectivity index (χ0v) is 18.8. The van der Waals surface area contributed by atoms with Crippen molar-refractivity contribution in [3.8, 4) is 0 Å². The molecule has 1 aliphatic heterocycles. The second kappa shape index (κ2) is 10.0. The molecule has 1 heterocycles. The highest BCUT2D eigenvalue weighted by Gasteiger charge is 2.35. The number of anilines is 1. The summed E-state index contributed by atoms with van der Waals surface area (Å²) in [6.45, 7) is -1.34. The molecule has 0 bridgehead atoms. The van der Waals surface area contributed by atoms with E-state index in [2.05, 4.69) is 5.32 Å². The van der Waals surface area contributed by atoms with Gasteiger partial charge in [-0.2, -0.15) is 13.2 Å². The third-order valence-corrected chi connectivity index (χ3v) is 5.57. The van der Waals surface area contributed by atoms with Crippen molar-refractivity contribution in [1.82, 2.24) is 10.2 Å². The molecule has 0 aromatic heterocycles. The first kappa shape index (κ1) is 24.6. The zero-order chi connectivity index (χ0) is 25.9. The van der Waals surface area contributed by atoms with E-state index in [4.69, 9.17) is 0 Å². The molecule has 0 saturated carbocycles. The second-order valence-electron chi connectivity index (χ2n) is 8.06. The van der Waals surface area contributed by atoms with Gasteiger partial charge >= 0.3 is 6.18 Å². The van der Waals surface area contributed by atoms with Gasteiger partial charge in [0.2, 0.25) is 0 Å². The van der Waals surface area contributed by atoms with Crippen LogP contribution < -0.4 is 10.6 Å². The number of para-hydroxylation sites is 1. The predicted molar refractivity (Wildman–Crippen MR) is 125 cm³/mol. The highest BCUT2D eigenvalue weighted by atomic mass is 19.4. The Kier molecular flexibility index (Phi) is 6.86. The molecule has 1 aliphatic rings. The number of hydrogen-bond donors (Lipinski definition) is 2. The smallest absolute Gasteiger partial charge is 0.343 e. The van der Waals surface area contributed by atoms with Crippen LogP contribution in [-0.2, 0) is 6.42 Å². The maximum atomic E-state index is 12.9. The Hall–Kier alpha value is -4.47. The summed E-state index contributed by atoms with van der Waals surface area (Å²) in [6, 6.07) is 19.0. The van der Waals surface area contributed by atoms with Crippen LogP contribution in [0.2, 0.25) is 0 Å². The normalized spacial score (nSPS) is 12.9. The Labute approximate surface area is 203 Å². The largest absolute Gasteiger partial charge is 0.405 e. The summed E-state index contributed by atoms with van der Waals surface area (Å²) in [5.41, 5.74) is 1.11. The molecular weight excluding hydrogens is 475 g/mol. The van der Waals surface area contributed by atoms with E-state index < -0.39 is 36.3 Å². The van der Waals surface area contributed by atoms with Crippen molar-refractivity contribution in [3.63, 3.8) is 0 Å². The lowest BCUT2D eigenvalue weighted by Crippen LogP contribution is -2.34. The van der Waals surface area contributed by atoms with E-state index in [-0.39, 0.29) is 34.5 Å². The highest BCUT2D eigenvalue weighted by molar-refractivity contribution is 6.22. The van der Waals surface area contributed by atoms with Gasteiger partial charge < -0.3 is 10.6 Å². The molecule has 36 heavy (non-hydrogen) atoms. The number of alkyl halides is 3. The van der Waals surface area contributed by atoms with Crippen molar-refractivity contribution in [2.75, 3.05) is 18.4 Å². The van der Waals surface area contributed by atoms with Gasteiger partial charge in [-0.15, -0.1) is 0 Å². The lowest BCUT2D eigenvalue weighted by molar-refractivity contribution is -0.123. The number of hydrogen-bond acceptors (Lipinski definition) is 4. The van der Waals surface area contributed by atoms with E-state index in [1.54, 1.807) is 5.32 Å². The van der Waals surface area contributed by atoms with Gasteiger partial charge in [0.25, 0.3) is 23.6 Å². The van der Waals surface area contributed by atoms with Crippen LogP contribution >= 0.6 is 0 Å². The fourth-order valence-electron chi connectivity index (χ4n) is 3.78. The number of imide groups is 1. The Morgan fingerprint density at radius 3 is 2.19 bits per heavy atom.